The van der Waals surface area contributed by atoms with E-state index in [0.717, 1.165) is 41.2 Å². The topological polar surface area (TPSA) is 27.7 Å². The standard InChI is InChI=1S/C15H20BrClO3/c1-3-19-13-7-11(12(16)8-14(13)20-4-2)15(17)10-5-6-18-9-10/h7-8,10,15H,3-6,9H2,1-2H3. The van der Waals surface area contributed by atoms with Gasteiger partial charge in [-0.05, 0) is 38.0 Å². The summed E-state index contributed by atoms with van der Waals surface area (Å²) in [5.41, 5.74) is 1.04. The summed E-state index contributed by atoms with van der Waals surface area (Å²) in [6.07, 6.45) is 0.998. The summed E-state index contributed by atoms with van der Waals surface area (Å²) < 4.78 is 17.6. The number of hydrogen-bond acceptors (Lipinski definition) is 3. The van der Waals surface area contributed by atoms with Gasteiger partial charge < -0.3 is 14.2 Å². The molecule has 20 heavy (non-hydrogen) atoms. The third kappa shape index (κ3) is 3.60. The van der Waals surface area contributed by atoms with Gasteiger partial charge in [-0.25, -0.2) is 0 Å². The lowest BCUT2D eigenvalue weighted by Crippen LogP contribution is -2.09. The van der Waals surface area contributed by atoms with E-state index in [1.165, 1.54) is 0 Å². The smallest absolute Gasteiger partial charge is 0.162 e. The molecule has 5 heteroatoms. The minimum atomic E-state index is -0.0817. The average molecular weight is 364 g/mol. The van der Waals surface area contributed by atoms with E-state index in [2.05, 4.69) is 15.9 Å². The summed E-state index contributed by atoms with van der Waals surface area (Å²) in [5.74, 6) is 1.84. The second-order valence-corrected chi connectivity index (χ2v) is 6.04. The molecule has 2 rings (SSSR count). The van der Waals surface area contributed by atoms with Gasteiger partial charge >= 0.3 is 0 Å². The fraction of sp³-hybridized carbons (Fsp3) is 0.600. The van der Waals surface area contributed by atoms with Crippen LogP contribution in [0.2, 0.25) is 0 Å². The highest BCUT2D eigenvalue weighted by atomic mass is 79.9. The van der Waals surface area contributed by atoms with Crippen molar-refractivity contribution >= 4 is 27.5 Å². The number of rotatable bonds is 6. The molecule has 1 aliphatic rings. The van der Waals surface area contributed by atoms with E-state index in [1.54, 1.807) is 0 Å². The molecule has 2 atom stereocenters. The van der Waals surface area contributed by atoms with E-state index in [0.29, 0.717) is 19.1 Å². The zero-order valence-corrected chi connectivity index (χ0v) is 14.2. The molecular weight excluding hydrogens is 344 g/mol. The normalized spacial score (nSPS) is 19.9. The Kier molecular flexibility index (Phi) is 6.00. The second kappa shape index (κ2) is 7.53. The molecular formula is C15H20BrClO3. The zero-order chi connectivity index (χ0) is 14.5. The van der Waals surface area contributed by atoms with Crippen molar-refractivity contribution in [2.75, 3.05) is 26.4 Å². The van der Waals surface area contributed by atoms with Gasteiger partial charge in [0.25, 0.3) is 0 Å². The van der Waals surface area contributed by atoms with Crippen molar-refractivity contribution in [3.63, 3.8) is 0 Å². The van der Waals surface area contributed by atoms with E-state index in [9.17, 15) is 0 Å². The molecule has 112 valence electrons. The first kappa shape index (κ1) is 15.9. The van der Waals surface area contributed by atoms with Gasteiger partial charge in [0.05, 0.1) is 25.2 Å². The van der Waals surface area contributed by atoms with Gasteiger partial charge in [-0.3, -0.25) is 0 Å². The van der Waals surface area contributed by atoms with Crippen LogP contribution < -0.4 is 9.47 Å². The third-order valence-electron chi connectivity index (χ3n) is 3.34. The van der Waals surface area contributed by atoms with Crippen molar-refractivity contribution < 1.29 is 14.2 Å². The number of hydrogen-bond donors (Lipinski definition) is 0. The molecule has 1 aliphatic heterocycles. The lowest BCUT2D eigenvalue weighted by atomic mass is 9.98. The molecule has 0 bridgehead atoms. The lowest BCUT2D eigenvalue weighted by Gasteiger charge is -2.20. The van der Waals surface area contributed by atoms with Crippen LogP contribution in [0.3, 0.4) is 0 Å². The van der Waals surface area contributed by atoms with Crippen LogP contribution in [-0.2, 0) is 4.74 Å². The highest BCUT2D eigenvalue weighted by molar-refractivity contribution is 9.10. The van der Waals surface area contributed by atoms with E-state index in [4.69, 9.17) is 25.8 Å². The Labute approximate surface area is 133 Å². The molecule has 0 aromatic heterocycles. The van der Waals surface area contributed by atoms with Crippen LogP contribution in [0, 0.1) is 5.92 Å². The fourth-order valence-corrected chi connectivity index (χ4v) is 3.42. The number of benzene rings is 1. The van der Waals surface area contributed by atoms with Gasteiger partial charge in [0, 0.05) is 17.0 Å². The third-order valence-corrected chi connectivity index (χ3v) is 4.62. The second-order valence-electron chi connectivity index (χ2n) is 4.71. The fourth-order valence-electron chi connectivity index (χ4n) is 2.34. The molecule has 1 heterocycles. The van der Waals surface area contributed by atoms with Crippen LogP contribution in [0.15, 0.2) is 16.6 Å². The highest BCUT2D eigenvalue weighted by Gasteiger charge is 2.28. The minimum absolute atomic E-state index is 0.0817. The first-order chi connectivity index (χ1) is 9.67. The lowest BCUT2D eigenvalue weighted by molar-refractivity contribution is 0.185. The summed E-state index contributed by atoms with van der Waals surface area (Å²) in [7, 11) is 0. The SMILES string of the molecule is CCOc1cc(Br)c(C(Cl)C2CCOC2)cc1OCC. The van der Waals surface area contributed by atoms with Crippen molar-refractivity contribution in [3.8, 4) is 11.5 Å². The number of alkyl halides is 1. The van der Waals surface area contributed by atoms with Gasteiger partial charge in [-0.2, -0.15) is 0 Å². The van der Waals surface area contributed by atoms with Gasteiger partial charge in [0.1, 0.15) is 0 Å². The van der Waals surface area contributed by atoms with E-state index >= 15 is 0 Å². The zero-order valence-electron chi connectivity index (χ0n) is 11.8. The Hall–Kier alpha value is -0.450. The van der Waals surface area contributed by atoms with Gasteiger partial charge in [0.2, 0.25) is 0 Å². The molecule has 3 nitrogen and oxygen atoms in total. The maximum atomic E-state index is 6.61. The first-order valence-corrected chi connectivity index (χ1v) is 8.21. The first-order valence-electron chi connectivity index (χ1n) is 6.98. The van der Waals surface area contributed by atoms with Crippen LogP contribution in [0.25, 0.3) is 0 Å². The van der Waals surface area contributed by atoms with E-state index in [-0.39, 0.29) is 5.38 Å². The molecule has 1 aromatic rings. The van der Waals surface area contributed by atoms with Gasteiger partial charge in [-0.15, -0.1) is 11.6 Å². The van der Waals surface area contributed by atoms with Crippen LogP contribution in [0.1, 0.15) is 31.2 Å². The quantitative estimate of drug-likeness (QED) is 0.693. The molecule has 1 aromatic carbocycles. The predicted octanol–water partition coefficient (Wildman–Crippen LogP) is 4.56. The predicted molar refractivity (Wildman–Crippen MR) is 84.0 cm³/mol. The van der Waals surface area contributed by atoms with Crippen molar-refractivity contribution in [1.29, 1.82) is 0 Å². The average Bonchev–Trinajstić information content (AvgIpc) is 2.95. The summed E-state index contributed by atoms with van der Waals surface area (Å²) in [6, 6.07) is 3.92. The Morgan fingerprint density at radius 2 is 1.95 bits per heavy atom. The summed E-state index contributed by atoms with van der Waals surface area (Å²) in [4.78, 5) is 0. The Morgan fingerprint density at radius 3 is 2.50 bits per heavy atom. The molecule has 0 spiro atoms. The maximum absolute atomic E-state index is 6.61. The van der Waals surface area contributed by atoms with Crippen molar-refractivity contribution in [2.24, 2.45) is 5.92 Å². The largest absolute Gasteiger partial charge is 0.490 e. The molecule has 0 saturated carbocycles. The van der Waals surface area contributed by atoms with Crippen molar-refractivity contribution in [1.82, 2.24) is 0 Å². The van der Waals surface area contributed by atoms with Crippen LogP contribution in [0.5, 0.6) is 11.5 Å². The Morgan fingerprint density at radius 1 is 1.30 bits per heavy atom. The minimum Gasteiger partial charge on any atom is -0.490 e. The number of ether oxygens (including phenoxy) is 3. The molecule has 0 aliphatic carbocycles. The van der Waals surface area contributed by atoms with Crippen molar-refractivity contribution in [2.45, 2.75) is 25.6 Å². The molecule has 2 unspecified atom stereocenters. The van der Waals surface area contributed by atoms with Gasteiger partial charge in [0.15, 0.2) is 11.5 Å². The molecule has 1 fully saturated rings. The van der Waals surface area contributed by atoms with Crippen molar-refractivity contribution in [3.05, 3.63) is 22.2 Å². The maximum Gasteiger partial charge on any atom is 0.162 e. The van der Waals surface area contributed by atoms with Crippen LogP contribution in [0.4, 0.5) is 0 Å². The summed E-state index contributed by atoms with van der Waals surface area (Å²) in [6.45, 7) is 6.63. The van der Waals surface area contributed by atoms with Crippen LogP contribution >= 0.6 is 27.5 Å². The van der Waals surface area contributed by atoms with Crippen LogP contribution in [-0.4, -0.2) is 26.4 Å². The van der Waals surface area contributed by atoms with Gasteiger partial charge in [-0.1, -0.05) is 15.9 Å². The molecule has 1 saturated heterocycles. The number of halogens is 2. The monoisotopic (exact) mass is 362 g/mol. The Bertz CT molecular complexity index is 447. The molecule has 0 radical (unpaired) electrons. The summed E-state index contributed by atoms with van der Waals surface area (Å²) >= 11 is 10.2. The Balaban J connectivity index is 2.29. The summed E-state index contributed by atoms with van der Waals surface area (Å²) in [5, 5.41) is -0.0817. The highest BCUT2D eigenvalue weighted by Crippen LogP contribution is 2.42. The molecule has 0 N–H and O–H groups in total. The van der Waals surface area contributed by atoms with E-state index < -0.39 is 0 Å². The van der Waals surface area contributed by atoms with E-state index in [1.807, 2.05) is 26.0 Å². The molecule has 0 amide bonds.